The topological polar surface area (TPSA) is 84.7 Å². The average molecular weight is 299 g/mol. The summed E-state index contributed by atoms with van der Waals surface area (Å²) in [6.07, 6.45) is 1.71. The molecular weight excluding hydrogens is 270 g/mol. The zero-order valence-corrected chi connectivity index (χ0v) is 13.8. The SMILES string of the molecule is CC(NC(C)C1CCCN(C(=O)OC(C)(C)C)C1)C(N)=O. The fraction of sp³-hybridized carbons (Fsp3) is 0.867. The van der Waals surface area contributed by atoms with Gasteiger partial charge in [0, 0.05) is 19.1 Å². The Morgan fingerprint density at radius 3 is 2.48 bits per heavy atom. The summed E-state index contributed by atoms with van der Waals surface area (Å²) in [4.78, 5) is 25.0. The number of hydrogen-bond acceptors (Lipinski definition) is 4. The van der Waals surface area contributed by atoms with E-state index in [1.54, 1.807) is 11.8 Å². The van der Waals surface area contributed by atoms with Gasteiger partial charge in [0.1, 0.15) is 5.60 Å². The quantitative estimate of drug-likeness (QED) is 0.823. The third kappa shape index (κ3) is 5.91. The number of nitrogens with one attached hydrogen (secondary N) is 1. The highest BCUT2D eigenvalue weighted by Crippen LogP contribution is 2.22. The maximum atomic E-state index is 12.1. The van der Waals surface area contributed by atoms with E-state index >= 15 is 0 Å². The van der Waals surface area contributed by atoms with Crippen molar-refractivity contribution in [3.05, 3.63) is 0 Å². The summed E-state index contributed by atoms with van der Waals surface area (Å²) < 4.78 is 5.42. The molecule has 0 aromatic rings. The van der Waals surface area contributed by atoms with Gasteiger partial charge in [0.2, 0.25) is 5.91 Å². The zero-order valence-electron chi connectivity index (χ0n) is 13.8. The van der Waals surface area contributed by atoms with Crippen LogP contribution < -0.4 is 11.1 Å². The summed E-state index contributed by atoms with van der Waals surface area (Å²) in [6, 6.07) is -0.241. The summed E-state index contributed by atoms with van der Waals surface area (Å²) >= 11 is 0. The number of nitrogens with zero attached hydrogens (tertiary/aromatic N) is 1. The molecular formula is C15H29N3O3. The highest BCUT2D eigenvalue weighted by Gasteiger charge is 2.30. The van der Waals surface area contributed by atoms with Crippen LogP contribution in [0.3, 0.4) is 0 Å². The Kier molecular flexibility index (Phi) is 6.01. The molecule has 0 radical (unpaired) electrons. The predicted molar refractivity (Wildman–Crippen MR) is 81.8 cm³/mol. The van der Waals surface area contributed by atoms with Crippen LogP contribution in [0.15, 0.2) is 0 Å². The Labute approximate surface area is 127 Å². The van der Waals surface area contributed by atoms with Crippen LogP contribution in [0.5, 0.6) is 0 Å². The van der Waals surface area contributed by atoms with Crippen LogP contribution in [-0.2, 0) is 9.53 Å². The van der Waals surface area contributed by atoms with Crippen LogP contribution in [0.1, 0.15) is 47.5 Å². The first-order chi connectivity index (χ1) is 9.60. The van der Waals surface area contributed by atoms with Gasteiger partial charge < -0.3 is 20.7 Å². The average Bonchev–Trinajstić information content (AvgIpc) is 2.36. The number of carbonyl (C=O) groups is 2. The molecule has 122 valence electrons. The van der Waals surface area contributed by atoms with Crippen LogP contribution in [0.2, 0.25) is 0 Å². The summed E-state index contributed by atoms with van der Waals surface area (Å²) in [5, 5.41) is 3.20. The van der Waals surface area contributed by atoms with E-state index in [4.69, 9.17) is 10.5 Å². The van der Waals surface area contributed by atoms with E-state index in [0.29, 0.717) is 12.5 Å². The minimum atomic E-state index is -0.478. The maximum Gasteiger partial charge on any atom is 0.410 e. The second kappa shape index (κ2) is 7.11. The molecule has 0 saturated carbocycles. The molecule has 0 aliphatic carbocycles. The summed E-state index contributed by atoms with van der Waals surface area (Å²) in [5.41, 5.74) is 4.79. The molecule has 6 nitrogen and oxygen atoms in total. The first kappa shape index (κ1) is 17.8. The van der Waals surface area contributed by atoms with E-state index in [1.165, 1.54) is 0 Å². The van der Waals surface area contributed by atoms with Gasteiger partial charge in [-0.25, -0.2) is 4.79 Å². The number of ether oxygens (including phenoxy) is 1. The van der Waals surface area contributed by atoms with Gasteiger partial charge in [-0.15, -0.1) is 0 Å². The first-order valence-electron chi connectivity index (χ1n) is 7.63. The van der Waals surface area contributed by atoms with E-state index in [1.807, 2.05) is 27.7 Å². The van der Waals surface area contributed by atoms with Gasteiger partial charge in [-0.3, -0.25) is 4.79 Å². The number of likely N-dealkylation sites (tertiary alicyclic amines) is 1. The Bertz CT molecular complexity index is 379. The van der Waals surface area contributed by atoms with Crippen LogP contribution in [0.25, 0.3) is 0 Å². The molecule has 21 heavy (non-hydrogen) atoms. The number of amides is 2. The van der Waals surface area contributed by atoms with Crippen molar-refractivity contribution in [2.24, 2.45) is 11.7 Å². The molecule has 3 N–H and O–H groups in total. The maximum absolute atomic E-state index is 12.1. The lowest BCUT2D eigenvalue weighted by atomic mass is 9.91. The minimum absolute atomic E-state index is 0.123. The van der Waals surface area contributed by atoms with Crippen molar-refractivity contribution >= 4 is 12.0 Å². The molecule has 0 aromatic heterocycles. The zero-order chi connectivity index (χ0) is 16.2. The number of primary amides is 1. The Morgan fingerprint density at radius 2 is 1.95 bits per heavy atom. The van der Waals surface area contributed by atoms with Gasteiger partial charge in [0.05, 0.1) is 6.04 Å². The summed E-state index contributed by atoms with van der Waals surface area (Å²) in [7, 11) is 0. The van der Waals surface area contributed by atoms with Crippen molar-refractivity contribution in [3.63, 3.8) is 0 Å². The van der Waals surface area contributed by atoms with E-state index in [-0.39, 0.29) is 24.1 Å². The van der Waals surface area contributed by atoms with E-state index in [2.05, 4.69) is 5.32 Å². The van der Waals surface area contributed by atoms with Crippen molar-refractivity contribution in [3.8, 4) is 0 Å². The molecule has 1 fully saturated rings. The highest BCUT2D eigenvalue weighted by atomic mass is 16.6. The molecule has 1 aliphatic rings. The normalized spacial score (nSPS) is 22.5. The third-order valence-electron chi connectivity index (χ3n) is 3.76. The highest BCUT2D eigenvalue weighted by molar-refractivity contribution is 5.79. The van der Waals surface area contributed by atoms with Gasteiger partial charge in [-0.05, 0) is 53.4 Å². The molecule has 1 heterocycles. The molecule has 3 atom stereocenters. The smallest absolute Gasteiger partial charge is 0.410 e. The second-order valence-electron chi connectivity index (χ2n) is 6.91. The monoisotopic (exact) mass is 299 g/mol. The summed E-state index contributed by atoms with van der Waals surface area (Å²) in [6.45, 7) is 10.8. The lowest BCUT2D eigenvalue weighted by molar-refractivity contribution is -0.119. The van der Waals surface area contributed by atoms with Gasteiger partial charge in [-0.1, -0.05) is 0 Å². The summed E-state index contributed by atoms with van der Waals surface area (Å²) in [5.74, 6) is -0.0604. The van der Waals surface area contributed by atoms with Crippen LogP contribution in [0.4, 0.5) is 4.79 Å². The molecule has 0 spiro atoms. The fourth-order valence-corrected chi connectivity index (χ4v) is 2.52. The van der Waals surface area contributed by atoms with Crippen molar-refractivity contribution in [2.75, 3.05) is 13.1 Å². The molecule has 2 amide bonds. The van der Waals surface area contributed by atoms with Crippen molar-refractivity contribution in [1.29, 1.82) is 0 Å². The Hall–Kier alpha value is -1.30. The first-order valence-corrected chi connectivity index (χ1v) is 7.63. The van der Waals surface area contributed by atoms with Gasteiger partial charge >= 0.3 is 6.09 Å². The van der Waals surface area contributed by atoms with Crippen molar-refractivity contribution in [2.45, 2.75) is 65.1 Å². The molecule has 1 saturated heterocycles. The third-order valence-corrected chi connectivity index (χ3v) is 3.76. The number of rotatable bonds is 4. The minimum Gasteiger partial charge on any atom is -0.444 e. The van der Waals surface area contributed by atoms with Crippen LogP contribution in [-0.4, -0.2) is 47.7 Å². The standard InChI is InChI=1S/C15H29N3O3/c1-10(17-11(2)13(16)19)12-7-6-8-18(9-12)14(20)21-15(3,4)5/h10-12,17H,6-9H2,1-5H3,(H2,16,19). The Balaban J connectivity index is 2.55. The molecule has 0 bridgehead atoms. The number of carbonyl (C=O) groups excluding carboxylic acids is 2. The van der Waals surface area contributed by atoms with Crippen molar-refractivity contribution in [1.82, 2.24) is 10.2 Å². The largest absolute Gasteiger partial charge is 0.444 e. The van der Waals surface area contributed by atoms with Crippen LogP contribution >= 0.6 is 0 Å². The van der Waals surface area contributed by atoms with Gasteiger partial charge in [-0.2, -0.15) is 0 Å². The second-order valence-corrected chi connectivity index (χ2v) is 6.91. The Morgan fingerprint density at radius 1 is 1.33 bits per heavy atom. The number of piperidine rings is 1. The van der Waals surface area contributed by atoms with Crippen LogP contribution in [0, 0.1) is 5.92 Å². The van der Waals surface area contributed by atoms with Gasteiger partial charge in [0.15, 0.2) is 0 Å². The lowest BCUT2D eigenvalue weighted by Crippen LogP contribution is -2.51. The number of hydrogen-bond donors (Lipinski definition) is 2. The van der Waals surface area contributed by atoms with Gasteiger partial charge in [0.25, 0.3) is 0 Å². The number of nitrogens with two attached hydrogens (primary N) is 1. The lowest BCUT2D eigenvalue weighted by Gasteiger charge is -2.37. The fourth-order valence-electron chi connectivity index (χ4n) is 2.52. The molecule has 3 unspecified atom stereocenters. The van der Waals surface area contributed by atoms with E-state index in [0.717, 1.165) is 19.4 Å². The molecule has 6 heteroatoms. The molecule has 1 aliphatic heterocycles. The van der Waals surface area contributed by atoms with E-state index in [9.17, 15) is 9.59 Å². The van der Waals surface area contributed by atoms with Crippen molar-refractivity contribution < 1.29 is 14.3 Å². The van der Waals surface area contributed by atoms with E-state index < -0.39 is 5.60 Å². The molecule has 0 aromatic carbocycles. The molecule has 1 rings (SSSR count). The predicted octanol–water partition coefficient (Wildman–Crippen LogP) is 1.49.